The number of hydrogen-bond acceptors (Lipinski definition) is 2. The van der Waals surface area contributed by atoms with E-state index in [1.165, 1.54) is 0 Å². The maximum Gasteiger partial charge on any atom is 1.00 e. The van der Waals surface area contributed by atoms with Crippen LogP contribution in [0.1, 0.15) is 6.92 Å². The number of rotatable bonds is 0. The third-order valence-electron chi connectivity index (χ3n) is 0.144. The van der Waals surface area contributed by atoms with Crippen LogP contribution in [0, 0.1) is 5.21 Å². The minimum absolute atomic E-state index is 0. The fourth-order valence-electron chi connectivity index (χ4n) is 0. The zero-order chi connectivity index (χ0) is 4.28. The molecule has 0 fully saturated rings. The van der Waals surface area contributed by atoms with Crippen LogP contribution in [0.25, 0.3) is 0 Å². The van der Waals surface area contributed by atoms with E-state index in [4.69, 9.17) is 5.21 Å². The molecule has 38 valence electrons. The summed E-state index contributed by atoms with van der Waals surface area (Å²) in [5, 5.41) is 9.03. The Morgan fingerprint density at radius 1 is 1.71 bits per heavy atom. The summed E-state index contributed by atoms with van der Waals surface area (Å²) in [7, 11) is 0. The van der Waals surface area contributed by atoms with Crippen molar-refractivity contribution in [1.82, 2.24) is 5.48 Å². The van der Waals surface area contributed by atoms with Crippen molar-refractivity contribution in [3.05, 3.63) is 5.21 Å². The second-order valence-corrected chi connectivity index (χ2v) is 0.658. The van der Waals surface area contributed by atoms with E-state index in [0.29, 0.717) is 0 Å². The van der Waals surface area contributed by atoms with E-state index >= 15 is 0 Å². The molecular weight excluding hydrogens is 125 g/mol. The first-order valence-corrected chi connectivity index (χ1v) is 1.16. The predicted molar refractivity (Wildman–Crippen MR) is 20.8 cm³/mol. The monoisotopic (exact) mass is 131 g/mol. The molecule has 7 heavy (non-hydrogen) atoms. The maximum absolute atomic E-state index is 9.39. The van der Waals surface area contributed by atoms with Gasteiger partial charge in [-0.05, 0) is 0 Å². The molecule has 5 heteroatoms. The minimum Gasteiger partial charge on any atom is -0.759 e. The van der Waals surface area contributed by atoms with Crippen molar-refractivity contribution < 1.29 is 61.7 Å². The third kappa shape index (κ3) is 19.4. The molecule has 0 aliphatic carbocycles. The molecule has 0 saturated carbocycles. The average Bonchev–Trinajstić information content (AvgIpc) is 1.38. The molecule has 0 unspecified atom stereocenters. The van der Waals surface area contributed by atoms with Gasteiger partial charge in [0, 0.05) is 6.92 Å². The Kier molecular flexibility index (Phi) is 22.6. The summed E-state index contributed by atoms with van der Waals surface area (Å²) in [6, 6.07) is 0. The molecule has 0 aromatic rings. The Labute approximate surface area is 84.0 Å². The van der Waals surface area contributed by atoms with Gasteiger partial charge in [0.25, 0.3) is 0 Å². The molecule has 0 aliphatic rings. The van der Waals surface area contributed by atoms with Crippen LogP contribution in [0.15, 0.2) is 0 Å². The molecule has 0 spiro atoms. The van der Waals surface area contributed by atoms with Crippen LogP contribution in [0.5, 0.6) is 0 Å². The van der Waals surface area contributed by atoms with Gasteiger partial charge in [-0.1, -0.05) is 0 Å². The molecule has 0 bridgehead atoms. The maximum atomic E-state index is 9.39. The summed E-state index contributed by atoms with van der Waals surface area (Å²) in [6.07, 6.45) is 0. The molecule has 3 N–H and O–H groups in total. The fourth-order valence-corrected chi connectivity index (χ4v) is 0. The van der Waals surface area contributed by atoms with Gasteiger partial charge in [0.05, 0.1) is 0 Å². The number of nitrogens with one attached hydrogen (secondary N) is 1. The number of carbonyl (C=O) groups excluding carboxylic acids is 1. The minimum atomic E-state index is -0.551. The van der Waals surface area contributed by atoms with Gasteiger partial charge >= 0.3 is 51.4 Å². The summed E-state index contributed by atoms with van der Waals surface area (Å²) in [5.41, 5.74) is 1.14. The quantitative estimate of drug-likeness (QED) is 0.267. The van der Waals surface area contributed by atoms with E-state index in [1.807, 2.05) is 0 Å². The number of hydrogen-bond donors (Lipinski definition) is 1. The largest absolute Gasteiger partial charge is 1.00 e. The van der Waals surface area contributed by atoms with Crippen molar-refractivity contribution in [2.24, 2.45) is 0 Å². The van der Waals surface area contributed by atoms with Gasteiger partial charge in [0.2, 0.25) is 5.91 Å². The fraction of sp³-hybridized carbons (Fsp3) is 0.500. The Hall–Kier alpha value is 1.03. The molecule has 0 aromatic carbocycles. The van der Waals surface area contributed by atoms with Crippen LogP contribution in [-0.2, 0) is 4.79 Å². The average molecular weight is 131 g/mol. The molecule has 0 atom stereocenters. The summed E-state index contributed by atoms with van der Waals surface area (Å²) < 4.78 is 0. The number of hydroxylamine groups is 1. The Morgan fingerprint density at radius 2 is 1.86 bits per heavy atom. The molecule has 0 radical (unpaired) electrons. The van der Waals surface area contributed by atoms with Gasteiger partial charge in [0.15, 0.2) is 0 Å². The van der Waals surface area contributed by atoms with Crippen LogP contribution in [-0.4, -0.2) is 11.4 Å². The zero-order valence-corrected chi connectivity index (χ0v) is 7.44. The zero-order valence-electron chi connectivity index (χ0n) is 4.32. The second-order valence-electron chi connectivity index (χ2n) is 0.658. The van der Waals surface area contributed by atoms with E-state index < -0.39 is 5.91 Å². The summed E-state index contributed by atoms with van der Waals surface area (Å²) in [6.45, 7) is 1.16. The standard InChI is InChI=1S/C2H4NO2.K.H2O/c1-2(4)3-5;;/h1H3,(H-,3,4,5);;1H2/q-1;+1;. The van der Waals surface area contributed by atoms with Crippen LogP contribution < -0.4 is 56.9 Å². The van der Waals surface area contributed by atoms with Gasteiger partial charge in [0.1, 0.15) is 0 Å². The van der Waals surface area contributed by atoms with Crippen molar-refractivity contribution in [2.45, 2.75) is 6.92 Å². The molecule has 0 saturated heterocycles. The summed E-state index contributed by atoms with van der Waals surface area (Å²) in [5.74, 6) is -0.551. The SMILES string of the molecule is CC(=O)N[O-].O.[K+]. The molecule has 0 heterocycles. The van der Waals surface area contributed by atoms with Gasteiger partial charge in [-0.2, -0.15) is 0 Å². The Morgan fingerprint density at radius 3 is 1.86 bits per heavy atom. The van der Waals surface area contributed by atoms with E-state index in [0.717, 1.165) is 12.4 Å². The van der Waals surface area contributed by atoms with Crippen LogP contribution in [0.2, 0.25) is 0 Å². The number of amides is 1. The summed E-state index contributed by atoms with van der Waals surface area (Å²) >= 11 is 0. The first-order valence-electron chi connectivity index (χ1n) is 1.16. The van der Waals surface area contributed by atoms with Crippen molar-refractivity contribution in [3.8, 4) is 0 Å². The first-order chi connectivity index (χ1) is 2.27. The smallest absolute Gasteiger partial charge is 0.759 e. The molecule has 4 nitrogen and oxygen atoms in total. The van der Waals surface area contributed by atoms with Crippen LogP contribution >= 0.6 is 0 Å². The third-order valence-corrected chi connectivity index (χ3v) is 0.144. The molecular formula is C2H6KNO3. The van der Waals surface area contributed by atoms with Gasteiger partial charge < -0.3 is 16.2 Å². The number of carbonyl (C=O) groups is 1. The summed E-state index contributed by atoms with van der Waals surface area (Å²) in [4.78, 5) is 9.39. The normalized spacial score (nSPS) is 4.86. The Bertz CT molecular complexity index is 48.2. The topological polar surface area (TPSA) is 83.7 Å². The molecule has 0 aromatic heterocycles. The van der Waals surface area contributed by atoms with Crippen LogP contribution in [0.3, 0.4) is 0 Å². The molecule has 0 rings (SSSR count). The van der Waals surface area contributed by atoms with Crippen molar-refractivity contribution in [2.75, 3.05) is 0 Å². The Balaban J connectivity index is -0.0000000800. The van der Waals surface area contributed by atoms with Gasteiger partial charge in [-0.15, -0.1) is 0 Å². The van der Waals surface area contributed by atoms with E-state index in [9.17, 15) is 4.79 Å². The van der Waals surface area contributed by atoms with E-state index in [1.54, 1.807) is 0 Å². The van der Waals surface area contributed by atoms with Crippen molar-refractivity contribution >= 4 is 5.91 Å². The molecule has 1 amide bonds. The van der Waals surface area contributed by atoms with Gasteiger partial charge in [-0.25, -0.2) is 0 Å². The predicted octanol–water partition coefficient (Wildman–Crippen LogP) is -4.20. The molecule has 0 aliphatic heterocycles. The second kappa shape index (κ2) is 10.1. The van der Waals surface area contributed by atoms with Crippen molar-refractivity contribution in [3.63, 3.8) is 0 Å². The van der Waals surface area contributed by atoms with Crippen molar-refractivity contribution in [1.29, 1.82) is 0 Å². The first kappa shape index (κ1) is 15.7. The van der Waals surface area contributed by atoms with Crippen LogP contribution in [0.4, 0.5) is 0 Å². The van der Waals surface area contributed by atoms with Gasteiger partial charge in [-0.3, -0.25) is 4.79 Å². The van der Waals surface area contributed by atoms with E-state index in [2.05, 4.69) is 0 Å². The van der Waals surface area contributed by atoms with E-state index in [-0.39, 0.29) is 56.9 Å².